The highest BCUT2D eigenvalue weighted by molar-refractivity contribution is 7.90. The predicted octanol–water partition coefficient (Wildman–Crippen LogP) is 1.38. The molecule has 1 aromatic rings. The van der Waals surface area contributed by atoms with Gasteiger partial charge in [0.1, 0.15) is 0 Å². The highest BCUT2D eigenvalue weighted by Crippen LogP contribution is 2.38. The third-order valence-electron chi connectivity index (χ3n) is 3.28. The Morgan fingerprint density at radius 3 is 2.19 bits per heavy atom. The van der Waals surface area contributed by atoms with E-state index in [-0.39, 0.29) is 5.54 Å². The monoisotopic (exact) mass is 239 g/mol. The second kappa shape index (κ2) is 3.86. The van der Waals surface area contributed by atoms with Crippen LogP contribution in [-0.4, -0.2) is 27.3 Å². The van der Waals surface area contributed by atoms with Crippen molar-refractivity contribution in [1.82, 2.24) is 5.32 Å². The van der Waals surface area contributed by atoms with Gasteiger partial charge in [0.15, 0.2) is 9.84 Å². The molecule has 0 unspecified atom stereocenters. The molecule has 16 heavy (non-hydrogen) atoms. The van der Waals surface area contributed by atoms with Crippen LogP contribution in [0.1, 0.15) is 18.4 Å². The molecule has 1 aromatic carbocycles. The molecule has 0 saturated heterocycles. The minimum Gasteiger partial charge on any atom is -0.314 e. The first kappa shape index (κ1) is 11.6. The Balaban J connectivity index is 2.14. The third-order valence-corrected chi connectivity index (χ3v) is 4.41. The van der Waals surface area contributed by atoms with Gasteiger partial charge in [-0.15, -0.1) is 0 Å². The molecule has 1 saturated carbocycles. The Labute approximate surface area is 96.8 Å². The number of sulfone groups is 1. The van der Waals surface area contributed by atoms with Crippen LogP contribution < -0.4 is 5.32 Å². The van der Waals surface area contributed by atoms with E-state index < -0.39 is 9.84 Å². The van der Waals surface area contributed by atoms with Crippen molar-refractivity contribution in [3.63, 3.8) is 0 Å². The van der Waals surface area contributed by atoms with Crippen molar-refractivity contribution in [2.45, 2.75) is 29.7 Å². The summed E-state index contributed by atoms with van der Waals surface area (Å²) in [6, 6.07) is 7.20. The lowest BCUT2D eigenvalue weighted by molar-refractivity contribution is 0.548. The summed E-state index contributed by atoms with van der Waals surface area (Å²) in [7, 11) is -1.08. The van der Waals surface area contributed by atoms with E-state index in [1.165, 1.54) is 24.7 Å². The molecule has 1 N–H and O–H groups in total. The van der Waals surface area contributed by atoms with Crippen LogP contribution in [0, 0.1) is 0 Å². The number of nitrogens with one attached hydrogen (secondary N) is 1. The van der Waals surface area contributed by atoms with Crippen molar-refractivity contribution < 1.29 is 8.42 Å². The molecule has 3 nitrogen and oxygen atoms in total. The topological polar surface area (TPSA) is 46.2 Å². The molecule has 2 rings (SSSR count). The molecule has 0 atom stereocenters. The summed E-state index contributed by atoms with van der Waals surface area (Å²) in [6.07, 6.45) is 4.63. The van der Waals surface area contributed by atoms with E-state index in [0.717, 1.165) is 6.42 Å². The van der Waals surface area contributed by atoms with Gasteiger partial charge in [0.2, 0.25) is 0 Å². The maximum Gasteiger partial charge on any atom is 0.175 e. The molecule has 0 spiro atoms. The van der Waals surface area contributed by atoms with Crippen molar-refractivity contribution in [3.05, 3.63) is 29.8 Å². The second-order valence-electron chi connectivity index (χ2n) is 4.62. The number of rotatable bonds is 4. The summed E-state index contributed by atoms with van der Waals surface area (Å²) in [4.78, 5) is 0.394. The second-order valence-corrected chi connectivity index (χ2v) is 6.64. The van der Waals surface area contributed by atoms with E-state index in [2.05, 4.69) is 5.32 Å². The van der Waals surface area contributed by atoms with E-state index in [1.54, 1.807) is 12.1 Å². The molecular formula is C12H17NO2S. The summed E-state index contributed by atoms with van der Waals surface area (Å²) in [5, 5.41) is 3.33. The van der Waals surface area contributed by atoms with Gasteiger partial charge < -0.3 is 5.32 Å². The summed E-state index contributed by atoms with van der Waals surface area (Å²) in [6.45, 7) is 0. The van der Waals surface area contributed by atoms with Gasteiger partial charge >= 0.3 is 0 Å². The average molecular weight is 239 g/mol. The number of hydrogen-bond donors (Lipinski definition) is 1. The maximum absolute atomic E-state index is 11.3. The maximum atomic E-state index is 11.3. The highest BCUT2D eigenvalue weighted by Gasteiger charge is 2.40. The van der Waals surface area contributed by atoms with Crippen molar-refractivity contribution in [3.8, 4) is 0 Å². The highest BCUT2D eigenvalue weighted by atomic mass is 32.2. The van der Waals surface area contributed by atoms with Gasteiger partial charge in [0, 0.05) is 11.8 Å². The molecule has 1 aliphatic rings. The Kier molecular flexibility index (Phi) is 2.80. The minimum absolute atomic E-state index is 0.270. The van der Waals surface area contributed by atoms with E-state index in [1.807, 2.05) is 19.2 Å². The normalized spacial score (nSPS) is 18.4. The zero-order chi connectivity index (χ0) is 11.8. The fourth-order valence-corrected chi connectivity index (χ4v) is 2.54. The number of benzene rings is 1. The largest absolute Gasteiger partial charge is 0.314 e. The van der Waals surface area contributed by atoms with Crippen LogP contribution in [0.5, 0.6) is 0 Å². The lowest BCUT2D eigenvalue weighted by Crippen LogP contribution is -2.29. The molecule has 1 aliphatic carbocycles. The molecule has 0 aliphatic heterocycles. The zero-order valence-electron chi connectivity index (χ0n) is 9.66. The fraction of sp³-hybridized carbons (Fsp3) is 0.500. The van der Waals surface area contributed by atoms with Gasteiger partial charge in [-0.05, 0) is 44.0 Å². The molecule has 0 aromatic heterocycles. The van der Waals surface area contributed by atoms with Gasteiger partial charge in [-0.3, -0.25) is 0 Å². The first-order valence-corrected chi connectivity index (χ1v) is 7.32. The van der Waals surface area contributed by atoms with Gasteiger partial charge in [0.05, 0.1) is 4.90 Å². The SMILES string of the molecule is CNC1(Cc2ccc(S(C)(=O)=O)cc2)CC1. The minimum atomic E-state index is -3.07. The summed E-state index contributed by atoms with van der Waals surface area (Å²) >= 11 is 0. The first-order valence-electron chi connectivity index (χ1n) is 5.43. The van der Waals surface area contributed by atoms with E-state index >= 15 is 0 Å². The Morgan fingerprint density at radius 2 is 1.81 bits per heavy atom. The van der Waals surface area contributed by atoms with Crippen LogP contribution in [0.2, 0.25) is 0 Å². The van der Waals surface area contributed by atoms with Gasteiger partial charge in [0.25, 0.3) is 0 Å². The van der Waals surface area contributed by atoms with Crippen molar-refractivity contribution in [1.29, 1.82) is 0 Å². The van der Waals surface area contributed by atoms with E-state index in [9.17, 15) is 8.42 Å². The quantitative estimate of drug-likeness (QED) is 0.863. The predicted molar refractivity (Wildman–Crippen MR) is 64.3 cm³/mol. The van der Waals surface area contributed by atoms with Crippen LogP contribution in [0.15, 0.2) is 29.2 Å². The summed E-state index contributed by atoms with van der Waals surface area (Å²) in [5.41, 5.74) is 1.46. The molecule has 0 heterocycles. The molecule has 4 heteroatoms. The lowest BCUT2D eigenvalue weighted by Gasteiger charge is -2.13. The zero-order valence-corrected chi connectivity index (χ0v) is 10.5. The van der Waals surface area contributed by atoms with E-state index in [0.29, 0.717) is 4.90 Å². The molecule has 0 radical (unpaired) electrons. The van der Waals surface area contributed by atoms with Crippen LogP contribution in [0.3, 0.4) is 0 Å². The van der Waals surface area contributed by atoms with Crippen LogP contribution in [0.25, 0.3) is 0 Å². The van der Waals surface area contributed by atoms with Crippen LogP contribution >= 0.6 is 0 Å². The van der Waals surface area contributed by atoms with Crippen LogP contribution in [-0.2, 0) is 16.3 Å². The molecule has 0 amide bonds. The molecule has 1 fully saturated rings. The summed E-state index contributed by atoms with van der Waals surface area (Å²) < 4.78 is 22.6. The molecule has 88 valence electrons. The number of hydrogen-bond acceptors (Lipinski definition) is 3. The Bertz CT molecular complexity index is 472. The smallest absolute Gasteiger partial charge is 0.175 e. The summed E-state index contributed by atoms with van der Waals surface area (Å²) in [5.74, 6) is 0. The van der Waals surface area contributed by atoms with Gasteiger partial charge in [-0.1, -0.05) is 12.1 Å². The van der Waals surface area contributed by atoms with Crippen molar-refractivity contribution in [2.24, 2.45) is 0 Å². The lowest BCUT2D eigenvalue weighted by atomic mass is 10.0. The van der Waals surface area contributed by atoms with Gasteiger partial charge in [-0.2, -0.15) is 0 Å². The van der Waals surface area contributed by atoms with E-state index in [4.69, 9.17) is 0 Å². The third kappa shape index (κ3) is 2.44. The first-order chi connectivity index (χ1) is 7.45. The molecule has 0 bridgehead atoms. The van der Waals surface area contributed by atoms with Crippen molar-refractivity contribution >= 4 is 9.84 Å². The standard InChI is InChI=1S/C12H17NO2S/c1-13-12(7-8-12)9-10-3-5-11(6-4-10)16(2,14)15/h3-6,13H,7-9H2,1-2H3. The fourth-order valence-electron chi connectivity index (χ4n) is 1.91. The van der Waals surface area contributed by atoms with Gasteiger partial charge in [-0.25, -0.2) is 8.42 Å². The Hall–Kier alpha value is -0.870. The van der Waals surface area contributed by atoms with Crippen molar-refractivity contribution in [2.75, 3.05) is 13.3 Å². The average Bonchev–Trinajstić information content (AvgIpc) is 2.98. The van der Waals surface area contributed by atoms with Crippen LogP contribution in [0.4, 0.5) is 0 Å². The Morgan fingerprint density at radius 1 is 1.25 bits per heavy atom. The molecular weight excluding hydrogens is 222 g/mol. The number of likely N-dealkylation sites (N-methyl/N-ethyl adjacent to an activating group) is 1.